The number of carbonyl (C=O) groups is 1. The first-order valence-electron chi connectivity index (χ1n) is 8.87. The van der Waals surface area contributed by atoms with E-state index in [0.29, 0.717) is 6.04 Å². The van der Waals surface area contributed by atoms with Gasteiger partial charge in [-0.1, -0.05) is 71.6 Å². The molecule has 0 unspecified atom stereocenters. The SMILES string of the molecule is Cc1ccccc1Nc1nnc(S[C@@H](C(=O)NC2CC2)c2ccccc2)s1. The zero-order chi connectivity index (χ0) is 18.6. The maximum absolute atomic E-state index is 12.7. The van der Waals surface area contributed by atoms with Gasteiger partial charge in [0, 0.05) is 11.7 Å². The molecular formula is C20H20N4OS2. The van der Waals surface area contributed by atoms with Crippen molar-refractivity contribution >= 4 is 39.8 Å². The van der Waals surface area contributed by atoms with Crippen LogP contribution >= 0.6 is 23.1 Å². The Kier molecular flexibility index (Phi) is 5.40. The molecule has 138 valence electrons. The summed E-state index contributed by atoms with van der Waals surface area (Å²) in [6.07, 6.45) is 2.14. The lowest BCUT2D eigenvalue weighted by molar-refractivity contribution is -0.120. The molecule has 0 aliphatic heterocycles. The van der Waals surface area contributed by atoms with E-state index in [2.05, 4.69) is 20.8 Å². The van der Waals surface area contributed by atoms with Gasteiger partial charge in [-0.15, -0.1) is 10.2 Å². The topological polar surface area (TPSA) is 66.9 Å². The second-order valence-corrected chi connectivity index (χ2v) is 8.83. The van der Waals surface area contributed by atoms with Gasteiger partial charge < -0.3 is 10.6 Å². The number of thioether (sulfide) groups is 1. The molecule has 27 heavy (non-hydrogen) atoms. The fourth-order valence-electron chi connectivity index (χ4n) is 2.64. The third-order valence-electron chi connectivity index (χ3n) is 4.28. The summed E-state index contributed by atoms with van der Waals surface area (Å²) in [5, 5.41) is 15.3. The molecule has 2 N–H and O–H groups in total. The number of hydrogen-bond acceptors (Lipinski definition) is 6. The molecule has 0 spiro atoms. The van der Waals surface area contributed by atoms with E-state index in [0.717, 1.165) is 39.1 Å². The lowest BCUT2D eigenvalue weighted by atomic mass is 10.1. The summed E-state index contributed by atoms with van der Waals surface area (Å²) in [4.78, 5) is 12.7. The fourth-order valence-corrected chi connectivity index (χ4v) is 4.61. The minimum absolute atomic E-state index is 0.0392. The molecule has 1 aliphatic rings. The molecule has 1 heterocycles. The number of rotatable bonds is 7. The first-order chi connectivity index (χ1) is 13.2. The molecule has 0 radical (unpaired) electrons. The molecule has 1 aliphatic carbocycles. The highest BCUT2D eigenvalue weighted by atomic mass is 32.2. The van der Waals surface area contributed by atoms with Crippen molar-refractivity contribution < 1.29 is 4.79 Å². The van der Waals surface area contributed by atoms with E-state index >= 15 is 0 Å². The summed E-state index contributed by atoms with van der Waals surface area (Å²) < 4.78 is 0.769. The monoisotopic (exact) mass is 396 g/mol. The number of nitrogens with one attached hydrogen (secondary N) is 2. The van der Waals surface area contributed by atoms with Crippen molar-refractivity contribution in [2.75, 3.05) is 5.32 Å². The number of nitrogens with zero attached hydrogens (tertiary/aromatic N) is 2. The van der Waals surface area contributed by atoms with Gasteiger partial charge in [-0.05, 0) is 37.0 Å². The standard InChI is InChI=1S/C20H20N4OS2/c1-13-7-5-6-10-16(13)22-19-23-24-20(27-19)26-17(14-8-3-2-4-9-14)18(25)21-15-11-12-15/h2-10,15,17H,11-12H2,1H3,(H,21,25)(H,22,23)/t17-/m1/s1. The molecule has 4 rings (SSSR count). The molecule has 0 bridgehead atoms. The predicted molar refractivity (Wildman–Crippen MR) is 111 cm³/mol. The Labute approximate surface area is 166 Å². The predicted octanol–water partition coefficient (Wildman–Crippen LogP) is 4.70. The van der Waals surface area contributed by atoms with E-state index in [9.17, 15) is 4.79 Å². The average molecular weight is 397 g/mol. The van der Waals surface area contributed by atoms with Crippen molar-refractivity contribution in [3.05, 3.63) is 65.7 Å². The van der Waals surface area contributed by atoms with Crippen LogP contribution < -0.4 is 10.6 Å². The maximum Gasteiger partial charge on any atom is 0.238 e. The van der Waals surface area contributed by atoms with E-state index in [1.165, 1.54) is 23.1 Å². The zero-order valence-corrected chi connectivity index (χ0v) is 16.5. The molecule has 1 atom stereocenters. The van der Waals surface area contributed by atoms with Gasteiger partial charge in [-0.2, -0.15) is 0 Å². The summed E-state index contributed by atoms with van der Waals surface area (Å²) in [5.74, 6) is 0.0392. The Balaban J connectivity index is 1.50. The zero-order valence-electron chi connectivity index (χ0n) is 14.9. The van der Waals surface area contributed by atoms with Gasteiger partial charge in [-0.25, -0.2) is 0 Å². The molecule has 0 saturated heterocycles. The van der Waals surface area contributed by atoms with Gasteiger partial charge in [0.25, 0.3) is 0 Å². The summed E-state index contributed by atoms with van der Waals surface area (Å²) >= 11 is 2.91. The van der Waals surface area contributed by atoms with Crippen molar-refractivity contribution in [3.8, 4) is 0 Å². The molecule has 1 amide bonds. The Hall–Kier alpha value is -2.38. The largest absolute Gasteiger partial charge is 0.352 e. The third-order valence-corrected chi connectivity index (χ3v) is 6.45. The smallest absolute Gasteiger partial charge is 0.238 e. The van der Waals surface area contributed by atoms with Crippen LogP contribution in [0.15, 0.2) is 58.9 Å². The number of benzene rings is 2. The quantitative estimate of drug-likeness (QED) is 0.567. The highest BCUT2D eigenvalue weighted by Crippen LogP contribution is 2.39. The third kappa shape index (κ3) is 4.67. The van der Waals surface area contributed by atoms with Crippen molar-refractivity contribution in [3.63, 3.8) is 0 Å². The number of anilines is 2. The summed E-state index contributed by atoms with van der Waals surface area (Å²) in [7, 11) is 0. The molecule has 5 nitrogen and oxygen atoms in total. The van der Waals surface area contributed by atoms with Gasteiger partial charge in [-0.3, -0.25) is 4.79 Å². The second kappa shape index (κ2) is 8.10. The van der Waals surface area contributed by atoms with E-state index in [1.54, 1.807) is 0 Å². The van der Waals surface area contributed by atoms with Crippen molar-refractivity contribution in [2.45, 2.75) is 35.4 Å². The van der Waals surface area contributed by atoms with E-state index in [4.69, 9.17) is 0 Å². The average Bonchev–Trinajstić information content (AvgIpc) is 3.39. The van der Waals surface area contributed by atoms with Crippen LogP contribution in [-0.2, 0) is 4.79 Å². The lowest BCUT2D eigenvalue weighted by Gasteiger charge is -2.15. The number of aromatic nitrogens is 2. The molecule has 1 saturated carbocycles. The van der Waals surface area contributed by atoms with Crippen LogP contribution in [-0.4, -0.2) is 22.1 Å². The lowest BCUT2D eigenvalue weighted by Crippen LogP contribution is -2.29. The molecule has 3 aromatic rings. The normalized spacial score (nSPS) is 14.6. The van der Waals surface area contributed by atoms with Crippen LogP contribution in [0.3, 0.4) is 0 Å². The fraction of sp³-hybridized carbons (Fsp3) is 0.250. The number of hydrogen-bond donors (Lipinski definition) is 2. The molecular weight excluding hydrogens is 376 g/mol. The van der Waals surface area contributed by atoms with Crippen LogP contribution in [0.4, 0.5) is 10.8 Å². The van der Waals surface area contributed by atoms with Gasteiger partial charge in [0.15, 0.2) is 4.34 Å². The van der Waals surface area contributed by atoms with Crippen LogP contribution in [0.2, 0.25) is 0 Å². The van der Waals surface area contributed by atoms with E-state index in [1.807, 2.05) is 61.5 Å². The molecule has 7 heteroatoms. The number of para-hydroxylation sites is 1. The van der Waals surface area contributed by atoms with Crippen LogP contribution in [0.1, 0.15) is 29.2 Å². The highest BCUT2D eigenvalue weighted by molar-refractivity contribution is 8.01. The van der Waals surface area contributed by atoms with Gasteiger partial charge in [0.2, 0.25) is 11.0 Å². The van der Waals surface area contributed by atoms with Crippen LogP contribution in [0.5, 0.6) is 0 Å². The number of amides is 1. The van der Waals surface area contributed by atoms with E-state index in [-0.39, 0.29) is 11.2 Å². The van der Waals surface area contributed by atoms with Crippen LogP contribution in [0.25, 0.3) is 0 Å². The van der Waals surface area contributed by atoms with Crippen LogP contribution in [0, 0.1) is 6.92 Å². The Bertz CT molecular complexity index is 924. The first kappa shape index (κ1) is 18.0. The molecule has 1 fully saturated rings. The van der Waals surface area contributed by atoms with Crippen molar-refractivity contribution in [1.29, 1.82) is 0 Å². The maximum atomic E-state index is 12.7. The minimum atomic E-state index is -0.328. The second-order valence-electron chi connectivity index (χ2n) is 6.50. The van der Waals surface area contributed by atoms with Gasteiger partial charge in [0.1, 0.15) is 5.25 Å². The number of aryl methyl sites for hydroxylation is 1. The van der Waals surface area contributed by atoms with Gasteiger partial charge in [0.05, 0.1) is 0 Å². The molecule has 2 aromatic carbocycles. The summed E-state index contributed by atoms with van der Waals surface area (Å²) in [6, 6.07) is 18.2. The Morgan fingerprint density at radius 1 is 1.11 bits per heavy atom. The van der Waals surface area contributed by atoms with Crippen molar-refractivity contribution in [1.82, 2.24) is 15.5 Å². The summed E-state index contributed by atoms with van der Waals surface area (Å²) in [5.41, 5.74) is 3.13. The Morgan fingerprint density at radius 3 is 2.59 bits per heavy atom. The summed E-state index contributed by atoms with van der Waals surface area (Å²) in [6.45, 7) is 2.05. The Morgan fingerprint density at radius 2 is 1.85 bits per heavy atom. The number of carbonyl (C=O) groups excluding carboxylic acids is 1. The minimum Gasteiger partial charge on any atom is -0.352 e. The van der Waals surface area contributed by atoms with Gasteiger partial charge >= 0.3 is 0 Å². The van der Waals surface area contributed by atoms with E-state index < -0.39 is 0 Å². The van der Waals surface area contributed by atoms with Crippen molar-refractivity contribution in [2.24, 2.45) is 0 Å². The highest BCUT2D eigenvalue weighted by Gasteiger charge is 2.29. The molecule has 1 aromatic heterocycles. The first-order valence-corrected chi connectivity index (χ1v) is 10.6.